The number of benzene rings is 1. The summed E-state index contributed by atoms with van der Waals surface area (Å²) in [6, 6.07) is 5.77. The van der Waals surface area contributed by atoms with Crippen LogP contribution in [0.15, 0.2) is 24.5 Å². The molecule has 17 heavy (non-hydrogen) atoms. The smallest absolute Gasteiger partial charge is 0.139 e. The van der Waals surface area contributed by atoms with E-state index in [1.807, 2.05) is 18.2 Å². The fraction of sp³-hybridized carbons (Fsp3) is 0.385. The van der Waals surface area contributed by atoms with Gasteiger partial charge in [-0.05, 0) is 37.0 Å². The summed E-state index contributed by atoms with van der Waals surface area (Å²) in [5.41, 5.74) is 0.908. The van der Waals surface area contributed by atoms with Crippen molar-refractivity contribution < 1.29 is 0 Å². The molecule has 2 aromatic rings. The van der Waals surface area contributed by atoms with Crippen LogP contribution in [-0.2, 0) is 0 Å². The molecule has 3 nitrogen and oxygen atoms in total. The molecule has 0 spiro atoms. The van der Waals surface area contributed by atoms with Crippen LogP contribution in [0.25, 0.3) is 10.9 Å². The van der Waals surface area contributed by atoms with Gasteiger partial charge in [0, 0.05) is 24.0 Å². The molecule has 1 aliphatic carbocycles. The second-order valence-corrected chi connectivity index (χ2v) is 5.12. The fourth-order valence-corrected chi connectivity index (χ4v) is 2.26. The van der Waals surface area contributed by atoms with Crippen LogP contribution in [-0.4, -0.2) is 23.6 Å². The SMILES string of the molecule is CN(CC1CC1)c1ncnc2cc(Cl)ccc12. The van der Waals surface area contributed by atoms with Gasteiger partial charge in [-0.2, -0.15) is 0 Å². The molecule has 0 unspecified atom stereocenters. The van der Waals surface area contributed by atoms with Crippen LogP contribution >= 0.6 is 11.6 Å². The molecule has 88 valence electrons. The second kappa shape index (κ2) is 4.15. The van der Waals surface area contributed by atoms with E-state index < -0.39 is 0 Å². The standard InChI is InChI=1S/C13H14ClN3/c1-17(7-9-2-3-9)13-11-5-4-10(14)6-12(11)15-8-16-13/h4-6,8-9H,2-3,7H2,1H3. The summed E-state index contributed by atoms with van der Waals surface area (Å²) in [5.74, 6) is 1.84. The Hall–Kier alpha value is -1.35. The maximum atomic E-state index is 5.97. The molecule has 1 heterocycles. The van der Waals surface area contributed by atoms with Crippen LogP contribution in [0.2, 0.25) is 5.02 Å². The van der Waals surface area contributed by atoms with Crippen molar-refractivity contribution in [1.82, 2.24) is 9.97 Å². The van der Waals surface area contributed by atoms with E-state index in [4.69, 9.17) is 11.6 Å². The molecule has 0 N–H and O–H groups in total. The Morgan fingerprint density at radius 2 is 2.18 bits per heavy atom. The first-order valence-corrected chi connectivity index (χ1v) is 6.23. The molecular weight excluding hydrogens is 234 g/mol. The Balaban J connectivity index is 2.02. The minimum Gasteiger partial charge on any atom is -0.359 e. The minimum atomic E-state index is 0.715. The number of hydrogen-bond acceptors (Lipinski definition) is 3. The van der Waals surface area contributed by atoms with Crippen molar-refractivity contribution in [3.05, 3.63) is 29.5 Å². The maximum Gasteiger partial charge on any atom is 0.139 e. The topological polar surface area (TPSA) is 29.0 Å². The number of anilines is 1. The molecule has 1 saturated carbocycles. The molecule has 0 aliphatic heterocycles. The summed E-state index contributed by atoms with van der Waals surface area (Å²) in [4.78, 5) is 10.9. The molecule has 4 heteroatoms. The lowest BCUT2D eigenvalue weighted by molar-refractivity contribution is 0.779. The van der Waals surface area contributed by atoms with Gasteiger partial charge in [-0.1, -0.05) is 11.6 Å². The van der Waals surface area contributed by atoms with Crippen LogP contribution < -0.4 is 4.90 Å². The van der Waals surface area contributed by atoms with Crippen molar-refractivity contribution in [2.75, 3.05) is 18.5 Å². The minimum absolute atomic E-state index is 0.715. The Labute approximate surface area is 105 Å². The number of halogens is 1. The number of rotatable bonds is 3. The Bertz CT molecular complexity index is 551. The molecule has 3 rings (SSSR count). The van der Waals surface area contributed by atoms with Gasteiger partial charge in [-0.15, -0.1) is 0 Å². The Kier molecular flexibility index (Phi) is 2.63. The lowest BCUT2D eigenvalue weighted by Gasteiger charge is -2.19. The number of fused-ring (bicyclic) bond motifs is 1. The van der Waals surface area contributed by atoms with Gasteiger partial charge in [-0.3, -0.25) is 0 Å². The van der Waals surface area contributed by atoms with Gasteiger partial charge in [0.05, 0.1) is 5.52 Å². The van der Waals surface area contributed by atoms with Crippen molar-refractivity contribution in [3.8, 4) is 0 Å². The predicted octanol–water partition coefficient (Wildman–Crippen LogP) is 3.13. The quantitative estimate of drug-likeness (QED) is 0.835. The molecular formula is C13H14ClN3. The zero-order chi connectivity index (χ0) is 11.8. The van der Waals surface area contributed by atoms with E-state index in [1.54, 1.807) is 6.33 Å². The molecule has 0 bridgehead atoms. The summed E-state index contributed by atoms with van der Waals surface area (Å²) in [7, 11) is 2.09. The number of aromatic nitrogens is 2. The van der Waals surface area contributed by atoms with Gasteiger partial charge in [-0.25, -0.2) is 9.97 Å². The monoisotopic (exact) mass is 247 g/mol. The van der Waals surface area contributed by atoms with Crippen LogP contribution in [0.1, 0.15) is 12.8 Å². The van der Waals surface area contributed by atoms with Crippen LogP contribution in [0, 0.1) is 5.92 Å². The van der Waals surface area contributed by atoms with Gasteiger partial charge < -0.3 is 4.90 Å². The highest BCUT2D eigenvalue weighted by Gasteiger charge is 2.24. The van der Waals surface area contributed by atoms with E-state index in [0.717, 1.165) is 29.2 Å². The molecule has 0 amide bonds. The zero-order valence-corrected chi connectivity index (χ0v) is 10.5. The molecule has 1 fully saturated rings. The van der Waals surface area contributed by atoms with E-state index in [9.17, 15) is 0 Å². The van der Waals surface area contributed by atoms with E-state index in [0.29, 0.717) is 5.02 Å². The van der Waals surface area contributed by atoms with Crippen LogP contribution in [0.4, 0.5) is 5.82 Å². The average Bonchev–Trinajstić information content (AvgIpc) is 3.11. The summed E-state index contributed by atoms with van der Waals surface area (Å²) in [5, 5.41) is 1.78. The lowest BCUT2D eigenvalue weighted by Crippen LogP contribution is -2.21. The first kappa shape index (κ1) is 10.8. The summed E-state index contributed by atoms with van der Waals surface area (Å²) in [6.45, 7) is 1.08. The second-order valence-electron chi connectivity index (χ2n) is 4.68. The van der Waals surface area contributed by atoms with Crippen molar-refractivity contribution in [3.63, 3.8) is 0 Å². The molecule has 1 aromatic heterocycles. The Morgan fingerprint density at radius 3 is 2.94 bits per heavy atom. The summed E-state index contributed by atoms with van der Waals surface area (Å²) < 4.78 is 0. The highest BCUT2D eigenvalue weighted by Crippen LogP contribution is 2.32. The van der Waals surface area contributed by atoms with Gasteiger partial charge in [0.2, 0.25) is 0 Å². The van der Waals surface area contributed by atoms with Crippen LogP contribution in [0.5, 0.6) is 0 Å². The first-order valence-electron chi connectivity index (χ1n) is 5.85. The molecule has 0 atom stereocenters. The zero-order valence-electron chi connectivity index (χ0n) is 9.73. The summed E-state index contributed by atoms with van der Waals surface area (Å²) >= 11 is 5.97. The van der Waals surface area contributed by atoms with E-state index in [1.165, 1.54) is 12.8 Å². The van der Waals surface area contributed by atoms with Gasteiger partial charge in [0.1, 0.15) is 12.1 Å². The third kappa shape index (κ3) is 2.20. The van der Waals surface area contributed by atoms with Gasteiger partial charge in [0.15, 0.2) is 0 Å². The molecule has 0 radical (unpaired) electrons. The van der Waals surface area contributed by atoms with E-state index >= 15 is 0 Å². The van der Waals surface area contributed by atoms with Crippen molar-refractivity contribution in [1.29, 1.82) is 0 Å². The summed E-state index contributed by atoms with van der Waals surface area (Å²) in [6.07, 6.45) is 4.30. The lowest BCUT2D eigenvalue weighted by atomic mass is 10.2. The maximum absolute atomic E-state index is 5.97. The fourth-order valence-electron chi connectivity index (χ4n) is 2.09. The van der Waals surface area contributed by atoms with Crippen molar-refractivity contribution >= 4 is 28.3 Å². The van der Waals surface area contributed by atoms with Gasteiger partial charge >= 0.3 is 0 Å². The highest BCUT2D eigenvalue weighted by atomic mass is 35.5. The highest BCUT2D eigenvalue weighted by molar-refractivity contribution is 6.31. The predicted molar refractivity (Wildman–Crippen MR) is 70.5 cm³/mol. The number of hydrogen-bond donors (Lipinski definition) is 0. The first-order chi connectivity index (χ1) is 8.24. The third-order valence-electron chi connectivity index (χ3n) is 3.17. The third-order valence-corrected chi connectivity index (χ3v) is 3.40. The Morgan fingerprint density at radius 1 is 1.35 bits per heavy atom. The number of nitrogens with zero attached hydrogens (tertiary/aromatic N) is 3. The normalized spacial score (nSPS) is 15.2. The molecule has 0 saturated heterocycles. The van der Waals surface area contributed by atoms with Crippen molar-refractivity contribution in [2.45, 2.75) is 12.8 Å². The largest absolute Gasteiger partial charge is 0.359 e. The average molecular weight is 248 g/mol. The van der Waals surface area contributed by atoms with E-state index in [-0.39, 0.29) is 0 Å². The molecule has 1 aliphatic rings. The van der Waals surface area contributed by atoms with Gasteiger partial charge in [0.25, 0.3) is 0 Å². The van der Waals surface area contributed by atoms with Crippen LogP contribution in [0.3, 0.4) is 0 Å². The van der Waals surface area contributed by atoms with Crippen molar-refractivity contribution in [2.24, 2.45) is 5.92 Å². The molecule has 1 aromatic carbocycles. The van der Waals surface area contributed by atoms with E-state index in [2.05, 4.69) is 21.9 Å².